The van der Waals surface area contributed by atoms with Gasteiger partial charge < -0.3 is 4.74 Å². The number of rotatable bonds is 4. The molecule has 3 nitrogen and oxygen atoms in total. The summed E-state index contributed by atoms with van der Waals surface area (Å²) in [6, 6.07) is 14.7. The third kappa shape index (κ3) is 3.81. The lowest BCUT2D eigenvalue weighted by Crippen LogP contribution is -2.29. The van der Waals surface area contributed by atoms with Crippen LogP contribution in [0, 0.1) is 11.6 Å². The van der Waals surface area contributed by atoms with Crippen LogP contribution in [-0.4, -0.2) is 16.4 Å². The maximum atomic E-state index is 13.8. The molecule has 146 valence electrons. The minimum Gasteiger partial charge on any atom is -0.483 e. The normalized spacial score (nSPS) is 14.6. The van der Waals surface area contributed by atoms with Gasteiger partial charge in [-0.05, 0) is 49.8 Å². The Morgan fingerprint density at radius 1 is 1.00 bits per heavy atom. The number of pyridine rings is 1. The van der Waals surface area contributed by atoms with Gasteiger partial charge >= 0.3 is 0 Å². The highest BCUT2D eigenvalue weighted by Gasteiger charge is 2.27. The topological polar surface area (TPSA) is 39.2 Å². The fourth-order valence-corrected chi connectivity index (χ4v) is 3.46. The number of ether oxygens (including phenoxy) is 1. The number of hydrogen-bond donors (Lipinski definition) is 0. The van der Waals surface area contributed by atoms with Crippen molar-refractivity contribution in [2.75, 3.05) is 0 Å². The molecule has 0 aliphatic carbocycles. The van der Waals surface area contributed by atoms with Crippen molar-refractivity contribution in [1.82, 2.24) is 4.98 Å². The van der Waals surface area contributed by atoms with Gasteiger partial charge in [0.1, 0.15) is 23.0 Å². The summed E-state index contributed by atoms with van der Waals surface area (Å²) >= 11 is 0. The van der Waals surface area contributed by atoms with Crippen molar-refractivity contribution in [3.63, 3.8) is 0 Å². The fourth-order valence-electron chi connectivity index (χ4n) is 3.46. The molecule has 2 aromatic carbocycles. The van der Waals surface area contributed by atoms with Crippen LogP contribution in [-0.2, 0) is 6.42 Å². The van der Waals surface area contributed by atoms with Crippen LogP contribution in [0.3, 0.4) is 0 Å². The number of benzene rings is 2. The van der Waals surface area contributed by atoms with E-state index in [9.17, 15) is 13.6 Å². The molecular weight excluding hydrogens is 372 g/mol. The molecule has 0 bridgehead atoms. The Bertz CT molecular complexity index is 1100. The third-order valence-electron chi connectivity index (χ3n) is 4.76. The van der Waals surface area contributed by atoms with Crippen molar-refractivity contribution in [3.05, 3.63) is 101 Å². The van der Waals surface area contributed by atoms with E-state index in [4.69, 9.17) is 4.74 Å². The van der Waals surface area contributed by atoms with E-state index < -0.39 is 28.6 Å². The Hall–Kier alpha value is -3.34. The Kier molecular flexibility index (Phi) is 4.74. The molecule has 0 N–H and O–H groups in total. The molecule has 4 rings (SSSR count). The lowest BCUT2D eigenvalue weighted by Gasteiger charge is -2.31. The summed E-state index contributed by atoms with van der Waals surface area (Å²) in [6.45, 7) is 3.96. The molecule has 0 saturated carbocycles. The molecular formula is C24H19F2NO2. The van der Waals surface area contributed by atoms with Gasteiger partial charge in [0.15, 0.2) is 5.78 Å². The predicted octanol–water partition coefficient (Wildman–Crippen LogP) is 5.39. The Morgan fingerprint density at radius 2 is 1.72 bits per heavy atom. The predicted molar refractivity (Wildman–Crippen MR) is 107 cm³/mol. The van der Waals surface area contributed by atoms with Gasteiger partial charge in [-0.25, -0.2) is 8.78 Å². The number of ketones is 1. The number of Topliss-reactive ketones (excluding diaryl/α,β-unsaturated/α-hetero) is 1. The van der Waals surface area contributed by atoms with E-state index in [0.717, 1.165) is 34.6 Å². The first-order valence-corrected chi connectivity index (χ1v) is 9.28. The smallest absolute Gasteiger partial charge is 0.174 e. The van der Waals surface area contributed by atoms with Gasteiger partial charge in [-0.3, -0.25) is 9.78 Å². The number of aromatic nitrogens is 1. The number of para-hydroxylation sites is 1. The number of carbonyl (C=O) groups is 1. The molecule has 0 unspecified atom stereocenters. The van der Waals surface area contributed by atoms with E-state index in [-0.39, 0.29) is 6.42 Å². The maximum absolute atomic E-state index is 13.8. The number of carbonyl (C=O) groups excluding carboxylic acids is 1. The van der Waals surface area contributed by atoms with E-state index in [0.29, 0.717) is 5.69 Å². The van der Waals surface area contributed by atoms with Gasteiger partial charge in [-0.15, -0.1) is 0 Å². The standard InChI is InChI=1S/C24H19F2NO2/c1-24(2)13-18(17-6-3-4-9-22(17)29-24)15-10-11-16(27-14-15)12-21(28)23-19(25)7-5-8-20(23)26/h3-11,13-14H,12H2,1-2H3. The van der Waals surface area contributed by atoms with E-state index in [1.165, 1.54) is 6.07 Å². The lowest BCUT2D eigenvalue weighted by molar-refractivity contribution is 0.0984. The molecule has 0 spiro atoms. The molecule has 0 saturated heterocycles. The highest BCUT2D eigenvalue weighted by Crippen LogP contribution is 2.38. The Balaban J connectivity index is 1.62. The second-order valence-corrected chi connectivity index (χ2v) is 7.49. The minimum absolute atomic E-state index is 0.178. The van der Waals surface area contributed by atoms with Crippen LogP contribution >= 0.6 is 0 Å². The zero-order chi connectivity index (χ0) is 20.6. The van der Waals surface area contributed by atoms with Crippen molar-refractivity contribution < 1.29 is 18.3 Å². The Morgan fingerprint density at radius 3 is 2.41 bits per heavy atom. The third-order valence-corrected chi connectivity index (χ3v) is 4.76. The van der Waals surface area contributed by atoms with Gasteiger partial charge in [-0.2, -0.15) is 0 Å². The number of fused-ring (bicyclic) bond motifs is 1. The second-order valence-electron chi connectivity index (χ2n) is 7.49. The average molecular weight is 391 g/mol. The van der Waals surface area contributed by atoms with Crippen LogP contribution in [0.4, 0.5) is 8.78 Å². The van der Waals surface area contributed by atoms with Crippen molar-refractivity contribution in [3.8, 4) is 5.75 Å². The summed E-state index contributed by atoms with van der Waals surface area (Å²) in [4.78, 5) is 16.7. The van der Waals surface area contributed by atoms with Crippen molar-refractivity contribution in [2.24, 2.45) is 0 Å². The van der Waals surface area contributed by atoms with E-state index in [1.54, 1.807) is 12.3 Å². The second kappa shape index (κ2) is 7.24. The summed E-state index contributed by atoms with van der Waals surface area (Å²) < 4.78 is 33.7. The molecule has 1 aromatic heterocycles. The highest BCUT2D eigenvalue weighted by molar-refractivity contribution is 5.97. The van der Waals surface area contributed by atoms with Crippen LogP contribution in [0.2, 0.25) is 0 Å². The van der Waals surface area contributed by atoms with Crippen LogP contribution in [0.25, 0.3) is 5.57 Å². The summed E-state index contributed by atoms with van der Waals surface area (Å²) in [5, 5.41) is 0. The first-order chi connectivity index (χ1) is 13.8. The maximum Gasteiger partial charge on any atom is 0.174 e. The fraction of sp³-hybridized carbons (Fsp3) is 0.167. The molecule has 2 heterocycles. The van der Waals surface area contributed by atoms with Crippen LogP contribution in [0.15, 0.2) is 66.9 Å². The number of hydrogen-bond acceptors (Lipinski definition) is 3. The minimum atomic E-state index is -0.863. The molecule has 1 aliphatic heterocycles. The lowest BCUT2D eigenvalue weighted by atomic mass is 9.90. The van der Waals surface area contributed by atoms with Gasteiger partial charge in [-0.1, -0.05) is 30.3 Å². The van der Waals surface area contributed by atoms with Gasteiger partial charge in [0.25, 0.3) is 0 Å². The molecule has 29 heavy (non-hydrogen) atoms. The van der Waals surface area contributed by atoms with Crippen molar-refractivity contribution >= 4 is 11.4 Å². The monoisotopic (exact) mass is 391 g/mol. The summed E-state index contributed by atoms with van der Waals surface area (Å²) in [5.74, 6) is -1.57. The van der Waals surface area contributed by atoms with Crippen LogP contribution in [0.1, 0.15) is 41.0 Å². The SMILES string of the molecule is CC1(C)C=C(c2ccc(CC(=O)c3c(F)cccc3F)nc2)c2ccccc2O1. The van der Waals surface area contributed by atoms with Crippen molar-refractivity contribution in [2.45, 2.75) is 25.9 Å². The zero-order valence-electron chi connectivity index (χ0n) is 16.1. The van der Waals surface area contributed by atoms with Crippen molar-refractivity contribution in [1.29, 1.82) is 0 Å². The van der Waals surface area contributed by atoms with Crippen LogP contribution in [0.5, 0.6) is 5.75 Å². The van der Waals surface area contributed by atoms with Gasteiger partial charge in [0.05, 0.1) is 12.0 Å². The first-order valence-electron chi connectivity index (χ1n) is 9.28. The highest BCUT2D eigenvalue weighted by atomic mass is 19.1. The van der Waals surface area contributed by atoms with Gasteiger partial charge in [0.2, 0.25) is 0 Å². The summed E-state index contributed by atoms with van der Waals surface area (Å²) in [5.41, 5.74) is 2.28. The summed E-state index contributed by atoms with van der Waals surface area (Å²) in [7, 11) is 0. The van der Waals surface area contributed by atoms with E-state index in [2.05, 4.69) is 4.98 Å². The largest absolute Gasteiger partial charge is 0.483 e. The summed E-state index contributed by atoms with van der Waals surface area (Å²) in [6.07, 6.45) is 3.53. The van der Waals surface area contributed by atoms with Crippen LogP contribution < -0.4 is 4.74 Å². The number of nitrogens with zero attached hydrogens (tertiary/aromatic N) is 1. The number of halogens is 2. The molecule has 3 aromatic rings. The molecule has 0 fully saturated rings. The molecule has 0 atom stereocenters. The quantitative estimate of drug-likeness (QED) is 0.560. The molecule has 0 amide bonds. The molecule has 5 heteroatoms. The Labute approximate surface area is 167 Å². The average Bonchev–Trinajstić information content (AvgIpc) is 2.67. The van der Waals surface area contributed by atoms with E-state index in [1.807, 2.05) is 50.3 Å². The first kappa shape index (κ1) is 19.0. The van der Waals surface area contributed by atoms with E-state index >= 15 is 0 Å². The molecule has 1 aliphatic rings. The molecule has 0 radical (unpaired) electrons. The van der Waals surface area contributed by atoms with Gasteiger partial charge in [0, 0.05) is 23.0 Å². The zero-order valence-corrected chi connectivity index (χ0v) is 16.1.